The Morgan fingerprint density at radius 1 is 1.06 bits per heavy atom. The summed E-state index contributed by atoms with van der Waals surface area (Å²) in [5, 5.41) is 8.93. The van der Waals surface area contributed by atoms with Crippen molar-refractivity contribution in [1.82, 2.24) is 9.80 Å². The van der Waals surface area contributed by atoms with Gasteiger partial charge in [-0.25, -0.2) is 8.42 Å². The van der Waals surface area contributed by atoms with Gasteiger partial charge in [0.1, 0.15) is 0 Å². The maximum Gasteiger partial charge on any atom is 0.255 e. The summed E-state index contributed by atoms with van der Waals surface area (Å²) in [4.78, 5) is 18.3. The van der Waals surface area contributed by atoms with Crippen LogP contribution in [0.3, 0.4) is 0 Å². The van der Waals surface area contributed by atoms with Crippen LogP contribution >= 0.6 is 11.8 Å². The van der Waals surface area contributed by atoms with E-state index in [0.717, 1.165) is 16.2 Å². The SMILES string of the molecule is N#Cc1ccc(CSc2ccccc2C(=O)N2CCN(C3CCS(=O)(=O)C3)CC2)cc1. The van der Waals surface area contributed by atoms with Gasteiger partial charge in [-0.05, 0) is 36.2 Å². The molecule has 2 fully saturated rings. The van der Waals surface area contributed by atoms with E-state index in [-0.39, 0.29) is 23.5 Å². The second-order valence-corrected chi connectivity index (χ2v) is 11.2. The number of piperazine rings is 1. The van der Waals surface area contributed by atoms with Gasteiger partial charge in [0.25, 0.3) is 5.91 Å². The lowest BCUT2D eigenvalue weighted by molar-refractivity contribution is 0.0584. The van der Waals surface area contributed by atoms with Gasteiger partial charge < -0.3 is 4.90 Å². The molecule has 2 aromatic rings. The van der Waals surface area contributed by atoms with Crippen LogP contribution in [0.15, 0.2) is 53.4 Å². The molecule has 2 aromatic carbocycles. The van der Waals surface area contributed by atoms with Crippen LogP contribution in [0, 0.1) is 11.3 Å². The summed E-state index contributed by atoms with van der Waals surface area (Å²) < 4.78 is 23.5. The molecule has 4 rings (SSSR count). The van der Waals surface area contributed by atoms with E-state index in [1.807, 2.05) is 53.4 Å². The van der Waals surface area contributed by atoms with Crippen LogP contribution in [-0.2, 0) is 15.6 Å². The molecule has 162 valence electrons. The minimum atomic E-state index is -2.90. The second kappa shape index (κ2) is 9.43. The van der Waals surface area contributed by atoms with E-state index < -0.39 is 9.84 Å². The van der Waals surface area contributed by atoms with Crippen molar-refractivity contribution in [2.24, 2.45) is 0 Å². The zero-order valence-corrected chi connectivity index (χ0v) is 18.9. The van der Waals surface area contributed by atoms with Gasteiger partial charge in [-0.15, -0.1) is 11.8 Å². The van der Waals surface area contributed by atoms with Crippen LogP contribution < -0.4 is 0 Å². The van der Waals surface area contributed by atoms with E-state index in [1.54, 1.807) is 11.8 Å². The lowest BCUT2D eigenvalue weighted by Crippen LogP contribution is -2.52. The van der Waals surface area contributed by atoms with Crippen molar-refractivity contribution >= 4 is 27.5 Å². The van der Waals surface area contributed by atoms with Gasteiger partial charge >= 0.3 is 0 Å². The standard InChI is InChI=1S/C23H25N3O3S2/c24-15-18-5-7-19(8-6-18)16-30-22-4-2-1-3-21(22)23(27)26-12-10-25(11-13-26)20-9-14-31(28,29)17-20/h1-8,20H,9-14,16-17H2. The summed E-state index contributed by atoms with van der Waals surface area (Å²) in [6.45, 7) is 2.66. The molecule has 0 bridgehead atoms. The van der Waals surface area contributed by atoms with Crippen LogP contribution in [0.25, 0.3) is 0 Å². The molecule has 1 amide bonds. The Morgan fingerprint density at radius 3 is 2.42 bits per heavy atom. The summed E-state index contributed by atoms with van der Waals surface area (Å²) in [5.74, 6) is 1.28. The van der Waals surface area contributed by atoms with Crippen LogP contribution in [0.4, 0.5) is 0 Å². The lowest BCUT2D eigenvalue weighted by Gasteiger charge is -2.37. The van der Waals surface area contributed by atoms with Gasteiger partial charge in [0.15, 0.2) is 9.84 Å². The molecule has 1 unspecified atom stereocenters. The molecule has 2 aliphatic rings. The Hall–Kier alpha value is -2.34. The van der Waals surface area contributed by atoms with Gasteiger partial charge in [0.05, 0.1) is 28.7 Å². The number of nitriles is 1. The van der Waals surface area contributed by atoms with Crippen molar-refractivity contribution in [3.63, 3.8) is 0 Å². The van der Waals surface area contributed by atoms with Crippen molar-refractivity contribution < 1.29 is 13.2 Å². The minimum Gasteiger partial charge on any atom is -0.336 e. The number of hydrogen-bond acceptors (Lipinski definition) is 6. The Balaban J connectivity index is 1.37. The molecule has 2 aliphatic heterocycles. The molecule has 0 aromatic heterocycles. The molecule has 8 heteroatoms. The topological polar surface area (TPSA) is 81.5 Å². The average molecular weight is 456 g/mol. The minimum absolute atomic E-state index is 0.0293. The van der Waals surface area contributed by atoms with Crippen molar-refractivity contribution in [1.29, 1.82) is 5.26 Å². The number of benzene rings is 2. The van der Waals surface area contributed by atoms with Gasteiger partial charge in [0.2, 0.25) is 0 Å². The number of carbonyl (C=O) groups excluding carboxylic acids is 1. The maximum absolute atomic E-state index is 13.2. The van der Waals surface area contributed by atoms with Crippen molar-refractivity contribution in [3.05, 3.63) is 65.2 Å². The van der Waals surface area contributed by atoms with Crippen LogP contribution in [-0.4, -0.2) is 67.9 Å². The maximum atomic E-state index is 13.2. The number of hydrogen-bond donors (Lipinski definition) is 0. The van der Waals surface area contributed by atoms with Gasteiger partial charge in [0, 0.05) is 42.9 Å². The fourth-order valence-electron chi connectivity index (χ4n) is 4.13. The molecule has 0 radical (unpaired) electrons. The van der Waals surface area contributed by atoms with E-state index in [9.17, 15) is 13.2 Å². The van der Waals surface area contributed by atoms with E-state index in [4.69, 9.17) is 5.26 Å². The van der Waals surface area contributed by atoms with E-state index in [2.05, 4.69) is 11.0 Å². The first kappa shape index (κ1) is 21.9. The Bertz CT molecular complexity index is 1090. The fraction of sp³-hybridized carbons (Fsp3) is 0.391. The Kier molecular flexibility index (Phi) is 6.65. The highest BCUT2D eigenvalue weighted by molar-refractivity contribution is 7.98. The first-order valence-corrected chi connectivity index (χ1v) is 13.2. The highest BCUT2D eigenvalue weighted by atomic mass is 32.2. The molecule has 2 heterocycles. The molecule has 0 saturated carbocycles. The number of rotatable bonds is 5. The fourth-order valence-corrected chi connectivity index (χ4v) is 6.89. The second-order valence-electron chi connectivity index (χ2n) is 7.98. The number of sulfone groups is 1. The molecule has 0 spiro atoms. The summed E-state index contributed by atoms with van der Waals surface area (Å²) >= 11 is 1.62. The van der Waals surface area contributed by atoms with Crippen molar-refractivity contribution in [2.75, 3.05) is 37.7 Å². The molecule has 2 saturated heterocycles. The molecule has 0 N–H and O–H groups in total. The number of nitrogens with zero attached hydrogens (tertiary/aromatic N) is 3. The van der Waals surface area contributed by atoms with Crippen molar-refractivity contribution in [3.8, 4) is 6.07 Å². The first-order valence-electron chi connectivity index (χ1n) is 10.4. The number of amides is 1. The van der Waals surface area contributed by atoms with Crippen LogP contribution in [0.2, 0.25) is 0 Å². The first-order chi connectivity index (χ1) is 14.9. The smallest absolute Gasteiger partial charge is 0.255 e. The van der Waals surface area contributed by atoms with E-state index in [0.29, 0.717) is 43.7 Å². The average Bonchev–Trinajstić information content (AvgIpc) is 3.17. The molecule has 0 aliphatic carbocycles. The Labute approximate surface area is 187 Å². The summed E-state index contributed by atoms with van der Waals surface area (Å²) in [7, 11) is -2.90. The summed E-state index contributed by atoms with van der Waals surface area (Å²) in [6, 6.07) is 17.4. The Morgan fingerprint density at radius 2 is 1.77 bits per heavy atom. The van der Waals surface area contributed by atoms with Gasteiger partial charge in [-0.1, -0.05) is 24.3 Å². The summed E-state index contributed by atoms with van der Waals surface area (Å²) in [6.07, 6.45) is 0.700. The highest BCUT2D eigenvalue weighted by Crippen LogP contribution is 2.28. The molecule has 31 heavy (non-hydrogen) atoms. The predicted molar refractivity (Wildman–Crippen MR) is 122 cm³/mol. The zero-order valence-electron chi connectivity index (χ0n) is 17.2. The van der Waals surface area contributed by atoms with Crippen molar-refractivity contribution in [2.45, 2.75) is 23.1 Å². The van der Waals surface area contributed by atoms with E-state index >= 15 is 0 Å². The third-order valence-electron chi connectivity index (χ3n) is 5.92. The third kappa shape index (κ3) is 5.29. The normalized spacial score (nSPS) is 21.0. The number of thioether (sulfide) groups is 1. The molecule has 1 atom stereocenters. The molecule has 6 nitrogen and oxygen atoms in total. The van der Waals surface area contributed by atoms with Gasteiger partial charge in [-0.3, -0.25) is 9.69 Å². The van der Waals surface area contributed by atoms with Crippen LogP contribution in [0.1, 0.15) is 27.9 Å². The lowest BCUT2D eigenvalue weighted by atomic mass is 10.1. The zero-order chi connectivity index (χ0) is 21.8. The third-order valence-corrected chi connectivity index (χ3v) is 8.82. The highest BCUT2D eigenvalue weighted by Gasteiger charge is 2.34. The molecular weight excluding hydrogens is 430 g/mol. The monoisotopic (exact) mass is 455 g/mol. The quantitative estimate of drug-likeness (QED) is 0.645. The number of carbonyl (C=O) groups is 1. The van der Waals surface area contributed by atoms with Gasteiger partial charge in [-0.2, -0.15) is 5.26 Å². The predicted octanol–water partition coefficient (Wildman–Crippen LogP) is 2.80. The van der Waals surface area contributed by atoms with E-state index in [1.165, 1.54) is 0 Å². The van der Waals surface area contributed by atoms with Crippen LogP contribution in [0.5, 0.6) is 0 Å². The molecular formula is C23H25N3O3S2. The largest absolute Gasteiger partial charge is 0.336 e. The summed E-state index contributed by atoms with van der Waals surface area (Å²) in [5.41, 5.74) is 2.45.